The van der Waals surface area contributed by atoms with Crippen molar-refractivity contribution in [2.24, 2.45) is 0 Å². The summed E-state index contributed by atoms with van der Waals surface area (Å²) in [6, 6.07) is 7.83. The third-order valence-electron chi connectivity index (χ3n) is 4.87. The number of imidazole rings is 1. The van der Waals surface area contributed by atoms with E-state index >= 15 is 0 Å². The summed E-state index contributed by atoms with van der Waals surface area (Å²) in [6.45, 7) is 7.25. The minimum atomic E-state index is -3.64. The van der Waals surface area contributed by atoms with Gasteiger partial charge in [0.1, 0.15) is 30.0 Å². The Kier molecular flexibility index (Phi) is 12.4. The molecule has 0 aliphatic rings. The average Bonchev–Trinajstić information content (AvgIpc) is 3.30. The molecule has 15 nitrogen and oxygen atoms in total. The lowest BCUT2D eigenvalue weighted by molar-refractivity contribution is -0.149. The molecule has 0 saturated heterocycles. The van der Waals surface area contributed by atoms with Crippen molar-refractivity contribution in [2.45, 2.75) is 52.5 Å². The largest absolute Gasteiger partial charge is 0.478 e. The average molecular weight is 593 g/mol. The number of carboxylic acid groups (broad SMARTS) is 2. The van der Waals surface area contributed by atoms with E-state index in [-0.39, 0.29) is 18.6 Å². The Morgan fingerprint density at radius 3 is 2.27 bits per heavy atom. The predicted octanol–water partition coefficient (Wildman–Crippen LogP) is 2.68. The number of ether oxygens (including phenoxy) is 2. The maximum atomic E-state index is 13.6. The maximum Gasteiger partial charge on any atom is 0.342 e. The Balaban J connectivity index is 0.000000642. The number of rotatable bonds is 13. The summed E-state index contributed by atoms with van der Waals surface area (Å²) in [6.07, 6.45) is 3.13. The van der Waals surface area contributed by atoms with Gasteiger partial charge in [-0.3, -0.25) is 9.36 Å². The first-order valence-corrected chi connectivity index (χ1v) is 14.1. The van der Waals surface area contributed by atoms with Crippen LogP contribution >= 0.6 is 7.52 Å². The summed E-state index contributed by atoms with van der Waals surface area (Å²) in [5.41, 5.74) is 6.91. The summed E-state index contributed by atoms with van der Waals surface area (Å²) in [5, 5.41) is 18.4. The number of hydrogen-bond donors (Lipinski definition) is 4. The molecule has 0 spiro atoms. The van der Waals surface area contributed by atoms with Gasteiger partial charge in [-0.15, -0.1) is 0 Å². The molecule has 3 rings (SSSR count). The van der Waals surface area contributed by atoms with Crippen LogP contribution in [0.3, 0.4) is 0 Å². The summed E-state index contributed by atoms with van der Waals surface area (Å²) < 4.78 is 32.2. The number of benzene rings is 1. The number of nitrogens with one attached hydrogen (secondary N) is 1. The molecule has 0 amide bonds. The number of carbonyl (C=O) groups excluding carboxylic acids is 1. The van der Waals surface area contributed by atoms with E-state index in [1.807, 2.05) is 13.0 Å². The van der Waals surface area contributed by atoms with Crippen LogP contribution in [0.2, 0.25) is 0 Å². The van der Waals surface area contributed by atoms with Gasteiger partial charge in [-0.25, -0.2) is 29.6 Å². The van der Waals surface area contributed by atoms with Gasteiger partial charge in [0.05, 0.1) is 25.1 Å². The van der Waals surface area contributed by atoms with Crippen molar-refractivity contribution in [3.8, 4) is 5.75 Å². The molecule has 0 aliphatic carbocycles. The fourth-order valence-corrected chi connectivity index (χ4v) is 4.94. The Hall–Kier alpha value is -4.33. The van der Waals surface area contributed by atoms with Crippen molar-refractivity contribution in [1.29, 1.82) is 0 Å². The number of nitrogens with zero attached hydrogens (tertiary/aromatic N) is 4. The summed E-state index contributed by atoms with van der Waals surface area (Å²) in [5.74, 6) is -2.36. The van der Waals surface area contributed by atoms with Crippen LogP contribution < -0.4 is 15.3 Å². The van der Waals surface area contributed by atoms with Crippen molar-refractivity contribution in [3.63, 3.8) is 0 Å². The van der Waals surface area contributed by atoms with Gasteiger partial charge in [-0.2, -0.15) is 0 Å². The van der Waals surface area contributed by atoms with Crippen LogP contribution in [0.5, 0.6) is 5.75 Å². The molecular formula is C25H33N6O9P. The zero-order valence-corrected chi connectivity index (χ0v) is 23.8. The molecule has 41 heavy (non-hydrogen) atoms. The predicted molar refractivity (Wildman–Crippen MR) is 148 cm³/mol. The highest BCUT2D eigenvalue weighted by Gasteiger charge is 2.32. The number of nitrogens with two attached hydrogens (primary N) is 1. The van der Waals surface area contributed by atoms with Crippen molar-refractivity contribution in [1.82, 2.24) is 24.6 Å². The van der Waals surface area contributed by atoms with E-state index < -0.39 is 31.5 Å². The van der Waals surface area contributed by atoms with Crippen molar-refractivity contribution in [2.75, 3.05) is 12.1 Å². The van der Waals surface area contributed by atoms with Crippen LogP contribution in [0.15, 0.2) is 55.1 Å². The Morgan fingerprint density at radius 1 is 1.05 bits per heavy atom. The molecule has 0 bridgehead atoms. The fourth-order valence-electron chi connectivity index (χ4n) is 3.15. The second kappa shape index (κ2) is 15.5. The molecule has 3 atom stereocenters. The highest BCUT2D eigenvalue weighted by molar-refractivity contribution is 7.57. The van der Waals surface area contributed by atoms with Gasteiger partial charge in [0, 0.05) is 12.2 Å². The lowest BCUT2D eigenvalue weighted by atomic mass is 10.3. The van der Waals surface area contributed by atoms with Gasteiger partial charge < -0.3 is 34.5 Å². The van der Waals surface area contributed by atoms with Crippen LogP contribution in [-0.2, 0) is 35.0 Å². The topological polar surface area (TPSA) is 218 Å². The molecule has 0 fully saturated rings. The van der Waals surface area contributed by atoms with E-state index in [1.54, 1.807) is 55.9 Å². The quantitative estimate of drug-likeness (QED) is 0.127. The van der Waals surface area contributed by atoms with E-state index in [2.05, 4.69) is 20.0 Å². The van der Waals surface area contributed by atoms with Gasteiger partial charge >= 0.3 is 25.4 Å². The zero-order chi connectivity index (χ0) is 30.6. The number of carboxylic acids is 2. The maximum absolute atomic E-state index is 13.6. The normalized spacial score (nSPS) is 14.1. The van der Waals surface area contributed by atoms with Gasteiger partial charge in [-0.05, 0) is 39.8 Å². The number of aromatic nitrogens is 4. The molecule has 3 aromatic rings. The first kappa shape index (κ1) is 32.9. The van der Waals surface area contributed by atoms with Crippen molar-refractivity contribution >= 4 is 42.4 Å². The number of para-hydroxylation sites is 1. The van der Waals surface area contributed by atoms with E-state index in [9.17, 15) is 18.9 Å². The fraction of sp³-hybridized carbons (Fsp3) is 0.360. The molecule has 0 unspecified atom stereocenters. The minimum Gasteiger partial charge on any atom is -0.478 e. The molecule has 0 saturated carbocycles. The number of nitrogen functional groups attached to an aromatic ring is 1. The number of anilines is 1. The zero-order valence-electron chi connectivity index (χ0n) is 22.9. The number of hydrogen-bond acceptors (Lipinski definition) is 11. The van der Waals surface area contributed by atoms with Crippen LogP contribution in [0.25, 0.3) is 11.2 Å². The first-order valence-electron chi connectivity index (χ1n) is 12.3. The molecule has 16 heteroatoms. The van der Waals surface area contributed by atoms with Gasteiger partial charge in [0.2, 0.25) is 0 Å². The van der Waals surface area contributed by atoms with E-state index in [4.69, 9.17) is 29.9 Å². The first-order chi connectivity index (χ1) is 19.3. The molecule has 2 aromatic heterocycles. The second-order valence-corrected chi connectivity index (χ2v) is 10.9. The van der Waals surface area contributed by atoms with Gasteiger partial charge in [-0.1, -0.05) is 18.2 Å². The Bertz CT molecular complexity index is 1380. The highest BCUT2D eigenvalue weighted by atomic mass is 31.2. The number of esters is 1. The SMILES string of the molecule is CC(C)OC(=O)[C@H](C)N[P@](=O)(CO[C@H](C)Cn1cnc2c(N)ncnc21)Oc1ccccc1.O=C(O)C=CC(=O)O. The van der Waals surface area contributed by atoms with Crippen molar-refractivity contribution in [3.05, 3.63) is 55.1 Å². The molecule has 0 aliphatic heterocycles. The lowest BCUT2D eigenvalue weighted by Gasteiger charge is -2.25. The molecule has 2 heterocycles. The van der Waals surface area contributed by atoms with Gasteiger partial charge in [0.15, 0.2) is 11.5 Å². The molecule has 0 radical (unpaired) electrons. The van der Waals surface area contributed by atoms with Crippen molar-refractivity contribution < 1.29 is 43.2 Å². The standard InChI is InChI=1S/C21H29N6O5P.C4H4O4/c1-14(2)31-21(28)16(4)26-33(29,32-17-8-6-5-7-9-17)13-30-15(3)10-27-12-25-18-19(22)23-11-24-20(18)27;5-3(6)1-2-4(7)8/h5-9,11-12,14-16H,10,13H2,1-4H3,(H,26,29)(H2,22,23,24);1-2H,(H,5,6)(H,7,8)/t15-,16+,33+;/m1./s1. The Morgan fingerprint density at radius 2 is 1.68 bits per heavy atom. The van der Waals surface area contributed by atoms with E-state index in [1.165, 1.54) is 6.33 Å². The number of fused-ring (bicyclic) bond motifs is 1. The number of carbonyl (C=O) groups is 3. The smallest absolute Gasteiger partial charge is 0.342 e. The minimum absolute atomic E-state index is 0.272. The third kappa shape index (κ3) is 11.4. The number of aliphatic carboxylic acids is 2. The van der Waals surface area contributed by atoms with Crippen LogP contribution in [0.4, 0.5) is 5.82 Å². The molecule has 222 valence electrons. The van der Waals surface area contributed by atoms with Gasteiger partial charge in [0.25, 0.3) is 0 Å². The molecular weight excluding hydrogens is 559 g/mol. The third-order valence-corrected chi connectivity index (χ3v) is 6.65. The summed E-state index contributed by atoms with van der Waals surface area (Å²) in [7, 11) is -3.64. The Labute approximate surface area is 235 Å². The monoisotopic (exact) mass is 592 g/mol. The highest BCUT2D eigenvalue weighted by Crippen LogP contribution is 2.44. The lowest BCUT2D eigenvalue weighted by Crippen LogP contribution is -2.37. The van der Waals surface area contributed by atoms with Crippen LogP contribution in [-0.4, -0.2) is 72.2 Å². The van der Waals surface area contributed by atoms with E-state index in [0.29, 0.717) is 41.4 Å². The van der Waals surface area contributed by atoms with Crippen LogP contribution in [0, 0.1) is 0 Å². The second-order valence-electron chi connectivity index (χ2n) is 8.86. The molecule has 1 aromatic carbocycles. The molecule has 5 N–H and O–H groups in total. The van der Waals surface area contributed by atoms with Crippen LogP contribution in [0.1, 0.15) is 27.7 Å². The van der Waals surface area contributed by atoms with E-state index in [0.717, 1.165) is 0 Å². The summed E-state index contributed by atoms with van der Waals surface area (Å²) >= 11 is 0. The summed E-state index contributed by atoms with van der Waals surface area (Å²) in [4.78, 5) is 43.7.